The van der Waals surface area contributed by atoms with Crippen molar-refractivity contribution in [2.45, 2.75) is 20.0 Å². The zero-order valence-electron chi connectivity index (χ0n) is 8.47. The quantitative estimate of drug-likeness (QED) is 0.385. The Hall–Kier alpha value is -0.258. The fourth-order valence-corrected chi connectivity index (χ4v) is 0.0577. The van der Waals surface area contributed by atoms with Gasteiger partial charge >= 0.3 is 27.3 Å². The van der Waals surface area contributed by atoms with Gasteiger partial charge in [-0.1, -0.05) is 0 Å². The summed E-state index contributed by atoms with van der Waals surface area (Å²) in [7, 11) is 0. The number of aliphatic hydroxyl groups excluding tert-OH is 3. The average molecular weight is 417 g/mol. The number of aliphatic carboxylic acids is 2. The van der Waals surface area contributed by atoms with Crippen LogP contribution in [0.4, 0.5) is 0 Å². The number of carboxylic acid groups (broad SMARTS) is 2. The smallest absolute Gasteiger partial charge is 0.550 e. The van der Waals surface area contributed by atoms with Crippen molar-refractivity contribution in [2.24, 2.45) is 0 Å². The van der Waals surface area contributed by atoms with Crippen LogP contribution in [0.1, 0.15) is 13.8 Å². The average Bonchev–Trinajstić information content (AvgIpc) is 2.01. The summed E-state index contributed by atoms with van der Waals surface area (Å²) in [5.74, 6) is -2.17. The predicted octanol–water partition coefficient (Wildman–Crippen LogP) is -4.54. The van der Waals surface area contributed by atoms with E-state index in [1.54, 1.807) is 0 Å². The van der Waals surface area contributed by atoms with Crippen molar-refractivity contribution in [1.29, 1.82) is 0 Å². The molecule has 88 valence electrons. The van der Waals surface area contributed by atoms with Gasteiger partial charge in [0.25, 0.3) is 0 Å². The Morgan fingerprint density at radius 3 is 1.20 bits per heavy atom. The molecular weight excluding hydrogens is 403 g/mol. The van der Waals surface area contributed by atoms with Crippen molar-refractivity contribution in [3.8, 4) is 0 Å². The Bertz CT molecular complexity index is 126. The van der Waals surface area contributed by atoms with Crippen LogP contribution in [0.25, 0.3) is 0 Å². The molecule has 0 atom stereocenters. The van der Waals surface area contributed by atoms with E-state index < -0.39 is 18.0 Å². The van der Waals surface area contributed by atoms with Crippen LogP contribution >= 0.6 is 0 Å². The van der Waals surface area contributed by atoms with E-state index in [2.05, 4.69) is 0 Å². The molecular formula is C7H14O7Pb. The molecule has 0 spiro atoms. The number of carboxylic acids is 2. The summed E-state index contributed by atoms with van der Waals surface area (Å²) < 4.78 is 0. The van der Waals surface area contributed by atoms with Crippen molar-refractivity contribution in [3.63, 3.8) is 0 Å². The van der Waals surface area contributed by atoms with Crippen LogP contribution in [-0.2, 0) is 9.59 Å². The third kappa shape index (κ3) is 135. The van der Waals surface area contributed by atoms with Gasteiger partial charge in [0, 0.05) is 11.9 Å². The molecule has 0 aromatic rings. The third-order valence-corrected chi connectivity index (χ3v) is 0.421. The number of carbonyl (C=O) groups is 2. The topological polar surface area (TPSA) is 141 Å². The number of carbonyl (C=O) groups excluding carboxylic acids is 2. The van der Waals surface area contributed by atoms with Crippen LogP contribution in [-0.4, -0.2) is 73.9 Å². The van der Waals surface area contributed by atoms with Gasteiger partial charge in [-0.3, -0.25) is 0 Å². The predicted molar refractivity (Wildman–Crippen MR) is 47.3 cm³/mol. The molecule has 0 heterocycles. The molecule has 0 aliphatic rings. The van der Waals surface area contributed by atoms with Crippen LogP contribution in [0.15, 0.2) is 0 Å². The van der Waals surface area contributed by atoms with Crippen molar-refractivity contribution in [1.82, 2.24) is 0 Å². The minimum absolute atomic E-state index is 0. The Morgan fingerprint density at radius 2 is 1.20 bits per heavy atom. The summed E-state index contributed by atoms with van der Waals surface area (Å²) >= 11 is 0. The minimum atomic E-state index is -1.08. The maximum atomic E-state index is 8.89. The Kier molecular flexibility index (Phi) is 31.1. The van der Waals surface area contributed by atoms with E-state index in [0.717, 1.165) is 13.8 Å². The van der Waals surface area contributed by atoms with E-state index in [-0.39, 0.29) is 40.5 Å². The molecule has 0 aliphatic heterocycles. The summed E-state index contributed by atoms with van der Waals surface area (Å²) in [6, 6.07) is 0. The Morgan fingerprint density at radius 1 is 1.07 bits per heavy atom. The normalized spacial score (nSPS) is 7.33. The molecule has 15 heavy (non-hydrogen) atoms. The molecule has 3 N–H and O–H groups in total. The molecule has 2 radical (unpaired) electrons. The van der Waals surface area contributed by atoms with Gasteiger partial charge in [-0.05, 0) is 13.8 Å². The van der Waals surface area contributed by atoms with Crippen LogP contribution in [0, 0.1) is 0 Å². The first-order chi connectivity index (χ1) is 6.27. The van der Waals surface area contributed by atoms with E-state index in [1.165, 1.54) is 0 Å². The van der Waals surface area contributed by atoms with Gasteiger partial charge in [0.05, 0.1) is 13.2 Å². The van der Waals surface area contributed by atoms with Gasteiger partial charge in [0.1, 0.15) is 6.10 Å². The molecule has 0 bridgehead atoms. The molecule has 0 saturated carbocycles. The van der Waals surface area contributed by atoms with Crippen molar-refractivity contribution in [3.05, 3.63) is 0 Å². The van der Waals surface area contributed by atoms with Crippen molar-refractivity contribution >= 4 is 39.2 Å². The number of aliphatic hydroxyl groups is 3. The zero-order chi connectivity index (χ0) is 12.1. The number of rotatable bonds is 2. The minimum Gasteiger partial charge on any atom is -0.550 e. The molecule has 0 aliphatic carbocycles. The van der Waals surface area contributed by atoms with Crippen LogP contribution in [0.3, 0.4) is 0 Å². The van der Waals surface area contributed by atoms with E-state index in [9.17, 15) is 0 Å². The van der Waals surface area contributed by atoms with Gasteiger partial charge in [-0.15, -0.1) is 0 Å². The summed E-state index contributed by atoms with van der Waals surface area (Å²) in [6.07, 6.45) is -0.954. The maximum absolute atomic E-state index is 8.89. The van der Waals surface area contributed by atoms with Crippen LogP contribution in [0.5, 0.6) is 0 Å². The Labute approximate surface area is 108 Å². The number of hydrogen-bond donors (Lipinski definition) is 3. The van der Waals surface area contributed by atoms with Gasteiger partial charge in [-0.2, -0.15) is 0 Å². The first kappa shape index (κ1) is 24.1. The Balaban J connectivity index is -0.0000000606. The van der Waals surface area contributed by atoms with E-state index >= 15 is 0 Å². The maximum Gasteiger partial charge on any atom is 2.00 e. The molecule has 0 fully saturated rings. The molecule has 8 heteroatoms. The molecule has 0 amide bonds. The second kappa shape index (κ2) is 19.3. The molecule has 0 aromatic heterocycles. The van der Waals surface area contributed by atoms with Crippen molar-refractivity contribution < 1.29 is 35.1 Å². The SMILES string of the molecule is CC(=O)[O-].CC(=O)[O-].OCC(O)CO.[Pb+2]. The zero-order valence-corrected chi connectivity index (χ0v) is 12.4. The fraction of sp³-hybridized carbons (Fsp3) is 0.714. The molecule has 0 aromatic carbocycles. The molecule has 0 saturated heterocycles. The fourth-order valence-electron chi connectivity index (χ4n) is 0.0577. The third-order valence-electron chi connectivity index (χ3n) is 0.421. The summed E-state index contributed by atoms with van der Waals surface area (Å²) in [4.78, 5) is 17.8. The van der Waals surface area contributed by atoms with Gasteiger partial charge in [0.15, 0.2) is 0 Å². The van der Waals surface area contributed by atoms with Crippen LogP contribution < -0.4 is 10.2 Å². The first-order valence-corrected chi connectivity index (χ1v) is 3.52. The van der Waals surface area contributed by atoms with E-state index in [4.69, 9.17) is 35.1 Å². The van der Waals surface area contributed by atoms with E-state index in [0.29, 0.717) is 0 Å². The largest absolute Gasteiger partial charge is 2.00 e. The monoisotopic (exact) mass is 418 g/mol. The summed E-state index contributed by atoms with van der Waals surface area (Å²) in [6.45, 7) is 1.22. The van der Waals surface area contributed by atoms with Crippen molar-refractivity contribution in [2.75, 3.05) is 13.2 Å². The standard InChI is InChI=1S/C3H8O3.2C2H4O2.Pb/c4-1-3(6)2-5;2*1-2(3)4;/h3-6H,1-2H2;2*1H3,(H,3,4);/q;;;+2/p-2. The second-order valence-corrected chi connectivity index (χ2v) is 2.00. The second-order valence-electron chi connectivity index (χ2n) is 2.00. The van der Waals surface area contributed by atoms with Crippen LogP contribution in [0.2, 0.25) is 0 Å². The molecule has 0 rings (SSSR count). The van der Waals surface area contributed by atoms with E-state index in [1.807, 2.05) is 0 Å². The first-order valence-electron chi connectivity index (χ1n) is 3.52. The summed E-state index contributed by atoms with van der Waals surface area (Å²) in [5, 5.41) is 41.8. The summed E-state index contributed by atoms with van der Waals surface area (Å²) in [5.41, 5.74) is 0. The van der Waals surface area contributed by atoms with Gasteiger partial charge in [0.2, 0.25) is 0 Å². The number of hydrogen-bond acceptors (Lipinski definition) is 7. The molecule has 0 unspecified atom stereocenters. The van der Waals surface area contributed by atoms with Gasteiger partial charge < -0.3 is 35.1 Å². The van der Waals surface area contributed by atoms with Gasteiger partial charge in [-0.25, -0.2) is 0 Å². The molecule has 7 nitrogen and oxygen atoms in total.